The van der Waals surface area contributed by atoms with E-state index in [0.29, 0.717) is 5.92 Å². The number of likely N-dealkylation sites (tertiary alicyclic amines) is 1. The summed E-state index contributed by atoms with van der Waals surface area (Å²) in [6, 6.07) is 13.1. The fourth-order valence-corrected chi connectivity index (χ4v) is 4.65. The quantitative estimate of drug-likeness (QED) is 0.768. The molecule has 150 valence electrons. The summed E-state index contributed by atoms with van der Waals surface area (Å²) < 4.78 is 10.9. The van der Waals surface area contributed by atoms with Gasteiger partial charge in [-0.1, -0.05) is 12.1 Å². The molecule has 0 aromatic heterocycles. The highest BCUT2D eigenvalue weighted by atomic mass is 16.5. The van der Waals surface area contributed by atoms with Crippen LogP contribution in [0, 0.1) is 0 Å². The first kappa shape index (κ1) is 19.1. The van der Waals surface area contributed by atoms with E-state index in [0.717, 1.165) is 37.4 Å². The lowest BCUT2D eigenvalue weighted by Crippen LogP contribution is -2.26. The van der Waals surface area contributed by atoms with Gasteiger partial charge in [0.1, 0.15) is 11.5 Å². The highest BCUT2D eigenvalue weighted by molar-refractivity contribution is 5.57. The van der Waals surface area contributed by atoms with Crippen LogP contribution in [-0.4, -0.2) is 45.3 Å². The Bertz CT molecular complexity index is 799. The Kier molecular flexibility index (Phi) is 6.06. The molecule has 1 N–H and O–H groups in total. The number of aryl methyl sites for hydroxylation is 1. The Morgan fingerprint density at radius 1 is 0.964 bits per heavy atom. The third-order valence-corrected chi connectivity index (χ3v) is 6.28. The molecule has 0 amide bonds. The minimum absolute atomic E-state index is 0.543. The van der Waals surface area contributed by atoms with E-state index in [2.05, 4.69) is 46.6 Å². The van der Waals surface area contributed by atoms with Crippen LogP contribution in [0.15, 0.2) is 36.4 Å². The molecule has 4 heteroatoms. The van der Waals surface area contributed by atoms with Gasteiger partial charge in [0.15, 0.2) is 0 Å². The molecule has 1 aliphatic carbocycles. The van der Waals surface area contributed by atoms with Gasteiger partial charge in [-0.25, -0.2) is 0 Å². The fraction of sp³-hybridized carbons (Fsp3) is 0.500. The number of ether oxygens (including phenoxy) is 2. The highest BCUT2D eigenvalue weighted by Crippen LogP contribution is 2.38. The molecule has 2 aromatic carbocycles. The molecule has 2 aromatic rings. The van der Waals surface area contributed by atoms with Crippen LogP contribution in [0.4, 0.5) is 5.69 Å². The van der Waals surface area contributed by atoms with E-state index >= 15 is 0 Å². The Balaban J connectivity index is 1.49. The summed E-state index contributed by atoms with van der Waals surface area (Å²) in [5, 5.41) is 3.71. The number of benzene rings is 2. The summed E-state index contributed by atoms with van der Waals surface area (Å²) in [7, 11) is 3.48. The normalized spacial score (nSPS) is 19.3. The first-order valence-corrected chi connectivity index (χ1v) is 10.6. The molecular weight excluding hydrogens is 348 g/mol. The molecule has 1 unspecified atom stereocenters. The Morgan fingerprint density at radius 2 is 1.71 bits per heavy atom. The predicted octanol–water partition coefficient (Wildman–Crippen LogP) is 4.48. The monoisotopic (exact) mass is 380 g/mol. The topological polar surface area (TPSA) is 33.7 Å². The Hall–Kier alpha value is -2.20. The van der Waals surface area contributed by atoms with Gasteiger partial charge >= 0.3 is 0 Å². The third-order valence-electron chi connectivity index (χ3n) is 6.28. The number of rotatable bonds is 7. The van der Waals surface area contributed by atoms with Crippen molar-refractivity contribution in [1.29, 1.82) is 0 Å². The minimum Gasteiger partial charge on any atom is -0.497 e. The Morgan fingerprint density at radius 3 is 2.50 bits per heavy atom. The summed E-state index contributed by atoms with van der Waals surface area (Å²) in [6.07, 6.45) is 6.06. The molecule has 1 heterocycles. The number of fused-ring (bicyclic) bond motifs is 1. The van der Waals surface area contributed by atoms with Gasteiger partial charge in [-0.05, 0) is 86.0 Å². The van der Waals surface area contributed by atoms with E-state index in [1.54, 1.807) is 14.2 Å². The SMILES string of the molecule is COc1ccc2c(c1)CCC(c1ccc(OC)cc1NCCN1CCCC1)C2. The summed E-state index contributed by atoms with van der Waals surface area (Å²) >= 11 is 0. The van der Waals surface area contributed by atoms with E-state index in [-0.39, 0.29) is 0 Å². The average Bonchev–Trinajstić information content (AvgIpc) is 3.26. The summed E-state index contributed by atoms with van der Waals surface area (Å²) in [6.45, 7) is 4.59. The molecule has 1 aliphatic heterocycles. The average molecular weight is 381 g/mol. The van der Waals surface area contributed by atoms with Crippen molar-refractivity contribution in [3.05, 3.63) is 53.1 Å². The lowest BCUT2D eigenvalue weighted by Gasteiger charge is -2.28. The molecule has 4 rings (SSSR count). The maximum absolute atomic E-state index is 5.49. The number of methoxy groups -OCH3 is 2. The summed E-state index contributed by atoms with van der Waals surface area (Å²) in [5.41, 5.74) is 5.55. The van der Waals surface area contributed by atoms with Crippen molar-refractivity contribution in [2.75, 3.05) is 45.7 Å². The van der Waals surface area contributed by atoms with Crippen molar-refractivity contribution in [1.82, 2.24) is 4.90 Å². The van der Waals surface area contributed by atoms with Crippen molar-refractivity contribution < 1.29 is 9.47 Å². The molecule has 2 aliphatic rings. The van der Waals surface area contributed by atoms with Crippen LogP contribution in [0.1, 0.15) is 41.9 Å². The van der Waals surface area contributed by atoms with Gasteiger partial charge in [-0.2, -0.15) is 0 Å². The molecule has 0 saturated carbocycles. The zero-order valence-electron chi connectivity index (χ0n) is 17.2. The van der Waals surface area contributed by atoms with E-state index in [4.69, 9.17) is 9.47 Å². The number of nitrogens with one attached hydrogen (secondary N) is 1. The molecule has 0 radical (unpaired) electrons. The van der Waals surface area contributed by atoms with E-state index in [1.165, 1.54) is 54.7 Å². The van der Waals surface area contributed by atoms with Crippen LogP contribution in [0.3, 0.4) is 0 Å². The minimum atomic E-state index is 0.543. The van der Waals surface area contributed by atoms with Crippen LogP contribution in [-0.2, 0) is 12.8 Å². The van der Waals surface area contributed by atoms with E-state index < -0.39 is 0 Å². The summed E-state index contributed by atoms with van der Waals surface area (Å²) in [5.74, 6) is 2.43. The molecule has 1 fully saturated rings. The maximum atomic E-state index is 5.49. The fourth-order valence-electron chi connectivity index (χ4n) is 4.65. The molecule has 1 atom stereocenters. The van der Waals surface area contributed by atoms with Crippen LogP contribution >= 0.6 is 0 Å². The zero-order valence-corrected chi connectivity index (χ0v) is 17.2. The maximum Gasteiger partial charge on any atom is 0.120 e. The molecule has 4 nitrogen and oxygen atoms in total. The smallest absolute Gasteiger partial charge is 0.120 e. The van der Waals surface area contributed by atoms with Crippen molar-refractivity contribution in [2.24, 2.45) is 0 Å². The zero-order chi connectivity index (χ0) is 19.3. The van der Waals surface area contributed by atoms with Crippen LogP contribution in [0.5, 0.6) is 11.5 Å². The van der Waals surface area contributed by atoms with E-state index in [1.807, 2.05) is 0 Å². The van der Waals surface area contributed by atoms with Crippen molar-refractivity contribution in [2.45, 2.75) is 38.0 Å². The second-order valence-corrected chi connectivity index (χ2v) is 8.00. The second kappa shape index (κ2) is 8.87. The molecule has 0 bridgehead atoms. The van der Waals surface area contributed by atoms with Gasteiger partial charge in [0.2, 0.25) is 0 Å². The van der Waals surface area contributed by atoms with Crippen LogP contribution in [0.2, 0.25) is 0 Å². The first-order chi connectivity index (χ1) is 13.8. The molecule has 0 spiro atoms. The number of nitrogens with zero attached hydrogens (tertiary/aromatic N) is 1. The lowest BCUT2D eigenvalue weighted by molar-refractivity contribution is 0.352. The third kappa shape index (κ3) is 4.27. The molecule has 28 heavy (non-hydrogen) atoms. The van der Waals surface area contributed by atoms with Crippen LogP contribution in [0.25, 0.3) is 0 Å². The van der Waals surface area contributed by atoms with Crippen molar-refractivity contribution >= 4 is 5.69 Å². The lowest BCUT2D eigenvalue weighted by atomic mass is 9.79. The van der Waals surface area contributed by atoms with E-state index in [9.17, 15) is 0 Å². The van der Waals surface area contributed by atoms with Crippen LogP contribution < -0.4 is 14.8 Å². The van der Waals surface area contributed by atoms with Gasteiger partial charge in [0.25, 0.3) is 0 Å². The largest absolute Gasteiger partial charge is 0.497 e. The molecule has 1 saturated heterocycles. The van der Waals surface area contributed by atoms with Gasteiger partial charge in [0.05, 0.1) is 14.2 Å². The second-order valence-electron chi connectivity index (χ2n) is 8.00. The van der Waals surface area contributed by atoms with Crippen molar-refractivity contribution in [3.8, 4) is 11.5 Å². The number of hydrogen-bond acceptors (Lipinski definition) is 4. The number of hydrogen-bond donors (Lipinski definition) is 1. The van der Waals surface area contributed by atoms with Gasteiger partial charge in [0, 0.05) is 24.8 Å². The predicted molar refractivity (Wildman–Crippen MR) is 115 cm³/mol. The standard InChI is InChI=1S/C24H32N2O2/c1-27-21-8-7-18-15-20(6-5-19(18)16-21)23-10-9-22(28-2)17-24(23)25-11-14-26-12-3-4-13-26/h7-10,16-17,20,25H,3-6,11-15H2,1-2H3. The first-order valence-electron chi connectivity index (χ1n) is 10.6. The van der Waals surface area contributed by atoms with Gasteiger partial charge in [-0.3, -0.25) is 0 Å². The van der Waals surface area contributed by atoms with Gasteiger partial charge < -0.3 is 19.7 Å². The van der Waals surface area contributed by atoms with Crippen molar-refractivity contribution in [3.63, 3.8) is 0 Å². The van der Waals surface area contributed by atoms with Gasteiger partial charge in [-0.15, -0.1) is 0 Å². The molecular formula is C24H32N2O2. The number of anilines is 1. The summed E-state index contributed by atoms with van der Waals surface area (Å²) in [4.78, 5) is 2.55. The Labute approximate surface area is 168 Å². The highest BCUT2D eigenvalue weighted by Gasteiger charge is 2.23.